The quantitative estimate of drug-likeness (QED) is 0.856. The Labute approximate surface area is 155 Å². The molecular formula is C22H26N2O2. The minimum absolute atomic E-state index is 0.147. The number of para-hydroxylation sites is 1. The van der Waals surface area contributed by atoms with Crippen LogP contribution in [0.15, 0.2) is 48.5 Å². The van der Waals surface area contributed by atoms with Crippen LogP contribution in [0, 0.1) is 12.3 Å². The number of hydrogen-bond donors (Lipinski definition) is 1. The van der Waals surface area contributed by atoms with Crippen LogP contribution < -0.4 is 10.2 Å². The highest BCUT2D eigenvalue weighted by Gasteiger charge is 2.40. The van der Waals surface area contributed by atoms with Crippen LogP contribution in [0.5, 0.6) is 0 Å². The van der Waals surface area contributed by atoms with Gasteiger partial charge in [0.15, 0.2) is 0 Å². The number of amides is 2. The Morgan fingerprint density at radius 1 is 1.12 bits per heavy atom. The minimum Gasteiger partial charge on any atom is -0.351 e. The van der Waals surface area contributed by atoms with Crippen LogP contribution in [0.1, 0.15) is 37.0 Å². The number of rotatable bonds is 4. The van der Waals surface area contributed by atoms with Gasteiger partial charge in [-0.15, -0.1) is 0 Å². The fourth-order valence-electron chi connectivity index (χ4n) is 3.40. The van der Waals surface area contributed by atoms with Crippen LogP contribution in [0.3, 0.4) is 0 Å². The van der Waals surface area contributed by atoms with Gasteiger partial charge in [0.25, 0.3) is 0 Å². The summed E-state index contributed by atoms with van der Waals surface area (Å²) in [6.45, 7) is 6.51. The number of hydrogen-bond acceptors (Lipinski definition) is 2. The molecule has 2 aromatic carbocycles. The fraction of sp³-hybridized carbons (Fsp3) is 0.364. The highest BCUT2D eigenvalue weighted by atomic mass is 16.2. The molecule has 0 fully saturated rings. The molecule has 4 heteroatoms. The molecule has 0 aromatic heterocycles. The summed E-state index contributed by atoms with van der Waals surface area (Å²) in [7, 11) is 0. The molecule has 0 saturated carbocycles. The average Bonchev–Trinajstić information content (AvgIpc) is 2.65. The topological polar surface area (TPSA) is 49.4 Å². The largest absolute Gasteiger partial charge is 0.351 e. The second kappa shape index (κ2) is 7.32. The molecule has 0 saturated heterocycles. The molecule has 2 amide bonds. The summed E-state index contributed by atoms with van der Waals surface area (Å²) < 4.78 is 0. The van der Waals surface area contributed by atoms with E-state index in [4.69, 9.17) is 0 Å². The lowest BCUT2D eigenvalue weighted by atomic mass is 9.88. The number of fused-ring (bicyclic) bond motifs is 1. The molecule has 0 bridgehead atoms. The van der Waals surface area contributed by atoms with Gasteiger partial charge in [-0.2, -0.15) is 0 Å². The van der Waals surface area contributed by atoms with Gasteiger partial charge in [-0.25, -0.2) is 0 Å². The summed E-state index contributed by atoms with van der Waals surface area (Å²) in [4.78, 5) is 27.7. The van der Waals surface area contributed by atoms with E-state index in [9.17, 15) is 9.59 Å². The van der Waals surface area contributed by atoms with E-state index >= 15 is 0 Å². The predicted octanol–water partition coefficient (Wildman–Crippen LogP) is 3.62. The maximum atomic E-state index is 13.2. The molecule has 26 heavy (non-hydrogen) atoms. The molecule has 1 N–H and O–H groups in total. The summed E-state index contributed by atoms with van der Waals surface area (Å²) in [5, 5.41) is 2.92. The van der Waals surface area contributed by atoms with Gasteiger partial charge in [0, 0.05) is 18.8 Å². The SMILES string of the molecule is Cc1cccc(CNC(=O)C(C)(C)C(=O)N2CCCc3ccccc32)c1. The lowest BCUT2D eigenvalue weighted by Crippen LogP contribution is -2.50. The predicted molar refractivity (Wildman–Crippen MR) is 104 cm³/mol. The number of benzene rings is 2. The Balaban J connectivity index is 1.73. The maximum absolute atomic E-state index is 13.2. The standard InChI is InChI=1S/C22H26N2O2/c1-16-8-6-9-17(14-16)15-23-20(25)22(2,3)21(26)24-13-7-11-18-10-4-5-12-19(18)24/h4-6,8-10,12,14H,7,11,13,15H2,1-3H3,(H,23,25). The van der Waals surface area contributed by atoms with Gasteiger partial charge in [0.1, 0.15) is 5.41 Å². The van der Waals surface area contributed by atoms with Crippen LogP contribution in [-0.4, -0.2) is 18.4 Å². The molecule has 0 radical (unpaired) electrons. The number of nitrogens with one attached hydrogen (secondary N) is 1. The molecule has 0 unspecified atom stereocenters. The van der Waals surface area contributed by atoms with Crippen molar-refractivity contribution < 1.29 is 9.59 Å². The van der Waals surface area contributed by atoms with E-state index in [2.05, 4.69) is 11.4 Å². The maximum Gasteiger partial charge on any atom is 0.242 e. The van der Waals surface area contributed by atoms with Gasteiger partial charge in [-0.05, 0) is 50.8 Å². The first-order valence-corrected chi connectivity index (χ1v) is 9.13. The summed E-state index contributed by atoms with van der Waals surface area (Å²) in [5.74, 6) is -0.390. The molecule has 3 rings (SSSR count). The Bertz CT molecular complexity index is 826. The van der Waals surface area contributed by atoms with Crippen molar-refractivity contribution in [2.24, 2.45) is 5.41 Å². The molecule has 2 aromatic rings. The van der Waals surface area contributed by atoms with Gasteiger partial charge >= 0.3 is 0 Å². The smallest absolute Gasteiger partial charge is 0.242 e. The number of carbonyl (C=O) groups is 2. The number of anilines is 1. The summed E-state index contributed by atoms with van der Waals surface area (Å²) in [6, 6.07) is 16.0. The van der Waals surface area contributed by atoms with Gasteiger partial charge in [-0.3, -0.25) is 9.59 Å². The van der Waals surface area contributed by atoms with E-state index in [0.717, 1.165) is 29.7 Å². The highest BCUT2D eigenvalue weighted by Crippen LogP contribution is 2.31. The zero-order valence-electron chi connectivity index (χ0n) is 15.7. The average molecular weight is 350 g/mol. The van der Waals surface area contributed by atoms with Crippen molar-refractivity contribution in [3.8, 4) is 0 Å². The Morgan fingerprint density at radius 2 is 1.88 bits per heavy atom. The van der Waals surface area contributed by atoms with Gasteiger partial charge in [0.05, 0.1) is 0 Å². The summed E-state index contributed by atoms with van der Waals surface area (Å²) in [6.07, 6.45) is 1.89. The fourth-order valence-corrected chi connectivity index (χ4v) is 3.40. The van der Waals surface area contributed by atoms with E-state index in [-0.39, 0.29) is 11.8 Å². The minimum atomic E-state index is -1.12. The molecule has 1 heterocycles. The monoisotopic (exact) mass is 350 g/mol. The lowest BCUT2D eigenvalue weighted by Gasteiger charge is -2.35. The van der Waals surface area contributed by atoms with Crippen molar-refractivity contribution in [2.75, 3.05) is 11.4 Å². The van der Waals surface area contributed by atoms with Gasteiger partial charge in [0.2, 0.25) is 11.8 Å². The van der Waals surface area contributed by atoms with Crippen molar-refractivity contribution in [1.82, 2.24) is 5.32 Å². The van der Waals surface area contributed by atoms with E-state index in [1.807, 2.05) is 49.4 Å². The second-order valence-corrected chi connectivity index (χ2v) is 7.49. The van der Waals surface area contributed by atoms with Crippen molar-refractivity contribution in [1.29, 1.82) is 0 Å². The normalized spacial score (nSPS) is 13.9. The first-order chi connectivity index (χ1) is 12.4. The van der Waals surface area contributed by atoms with Crippen LogP contribution in [0.4, 0.5) is 5.69 Å². The first kappa shape index (κ1) is 18.2. The van der Waals surface area contributed by atoms with E-state index in [1.165, 1.54) is 5.56 Å². The molecule has 1 aliphatic heterocycles. The Kier molecular flexibility index (Phi) is 5.12. The van der Waals surface area contributed by atoms with Crippen molar-refractivity contribution >= 4 is 17.5 Å². The molecule has 0 aliphatic carbocycles. The first-order valence-electron chi connectivity index (χ1n) is 9.13. The molecule has 136 valence electrons. The van der Waals surface area contributed by atoms with Gasteiger partial charge < -0.3 is 10.2 Å². The third kappa shape index (κ3) is 3.64. The zero-order valence-corrected chi connectivity index (χ0v) is 15.7. The van der Waals surface area contributed by atoms with E-state index < -0.39 is 5.41 Å². The van der Waals surface area contributed by atoms with Crippen LogP contribution in [0.2, 0.25) is 0 Å². The van der Waals surface area contributed by atoms with Crippen molar-refractivity contribution in [3.63, 3.8) is 0 Å². The molecule has 0 atom stereocenters. The third-order valence-electron chi connectivity index (χ3n) is 4.99. The third-order valence-corrected chi connectivity index (χ3v) is 4.99. The Hall–Kier alpha value is -2.62. The molecule has 4 nitrogen and oxygen atoms in total. The second-order valence-electron chi connectivity index (χ2n) is 7.49. The molecular weight excluding hydrogens is 324 g/mol. The number of aryl methyl sites for hydroxylation is 2. The van der Waals surface area contributed by atoms with E-state index in [0.29, 0.717) is 13.1 Å². The number of nitrogens with zero attached hydrogens (tertiary/aromatic N) is 1. The molecule has 0 spiro atoms. The molecule has 1 aliphatic rings. The van der Waals surface area contributed by atoms with E-state index in [1.54, 1.807) is 18.7 Å². The van der Waals surface area contributed by atoms with Crippen LogP contribution >= 0.6 is 0 Å². The zero-order chi connectivity index (χ0) is 18.7. The van der Waals surface area contributed by atoms with Crippen molar-refractivity contribution in [2.45, 2.75) is 40.2 Å². The van der Waals surface area contributed by atoms with Crippen LogP contribution in [0.25, 0.3) is 0 Å². The Morgan fingerprint density at radius 3 is 2.65 bits per heavy atom. The summed E-state index contributed by atoms with van der Waals surface area (Å²) >= 11 is 0. The van der Waals surface area contributed by atoms with Gasteiger partial charge in [-0.1, -0.05) is 48.0 Å². The highest BCUT2D eigenvalue weighted by molar-refractivity contribution is 6.11. The van der Waals surface area contributed by atoms with Crippen molar-refractivity contribution in [3.05, 3.63) is 65.2 Å². The lowest BCUT2D eigenvalue weighted by molar-refractivity contribution is -0.140. The number of carbonyl (C=O) groups excluding carboxylic acids is 2. The summed E-state index contributed by atoms with van der Waals surface area (Å²) in [5.41, 5.74) is 3.17. The van der Waals surface area contributed by atoms with Crippen LogP contribution in [-0.2, 0) is 22.6 Å².